The van der Waals surface area contributed by atoms with E-state index in [1.54, 1.807) is 0 Å². The molecule has 0 aliphatic rings. The topological polar surface area (TPSA) is 39.7 Å². The predicted octanol–water partition coefficient (Wildman–Crippen LogP) is 5.34. The summed E-state index contributed by atoms with van der Waals surface area (Å²) in [6.07, 6.45) is 0.896. The maximum atomic E-state index is 6.04. The number of para-hydroxylation sites is 1. The first-order valence-electron chi connectivity index (χ1n) is 10.1. The van der Waals surface area contributed by atoms with Crippen molar-refractivity contribution < 1.29 is 14.2 Å². The number of ether oxygens (including phenoxy) is 3. The molecule has 0 amide bonds. The summed E-state index contributed by atoms with van der Waals surface area (Å²) < 4.78 is 17.0. The van der Waals surface area contributed by atoms with Crippen molar-refractivity contribution in [1.29, 1.82) is 0 Å². The van der Waals surface area contributed by atoms with E-state index in [0.29, 0.717) is 33.0 Å². The lowest BCUT2D eigenvalue weighted by Crippen LogP contribution is -2.07. The Morgan fingerprint density at radius 1 is 0.724 bits per heavy atom. The molecule has 29 heavy (non-hydrogen) atoms. The van der Waals surface area contributed by atoms with Gasteiger partial charge >= 0.3 is 0 Å². The van der Waals surface area contributed by atoms with Crippen LogP contribution in [0.15, 0.2) is 78.9 Å². The van der Waals surface area contributed by atoms with Gasteiger partial charge in [0, 0.05) is 30.8 Å². The van der Waals surface area contributed by atoms with Gasteiger partial charge in [0.1, 0.15) is 18.1 Å². The summed E-state index contributed by atoms with van der Waals surface area (Å²) in [7, 11) is 0. The van der Waals surface area contributed by atoms with Gasteiger partial charge in [-0.2, -0.15) is 0 Å². The van der Waals surface area contributed by atoms with Crippen LogP contribution in [0.4, 0.5) is 5.69 Å². The molecule has 1 N–H and O–H groups in total. The van der Waals surface area contributed by atoms with Crippen LogP contribution in [0.5, 0.6) is 11.5 Å². The highest BCUT2D eigenvalue weighted by molar-refractivity contribution is 5.48. The molecule has 0 atom stereocenters. The Morgan fingerprint density at radius 3 is 2.28 bits per heavy atom. The molecule has 4 nitrogen and oxygen atoms in total. The molecule has 152 valence electrons. The average Bonchev–Trinajstić information content (AvgIpc) is 2.78. The maximum Gasteiger partial charge on any atom is 0.124 e. The number of anilines is 1. The fourth-order valence-corrected chi connectivity index (χ4v) is 2.94. The van der Waals surface area contributed by atoms with Gasteiger partial charge < -0.3 is 19.5 Å². The molecule has 0 bridgehead atoms. The van der Waals surface area contributed by atoms with E-state index in [1.165, 1.54) is 5.56 Å². The van der Waals surface area contributed by atoms with Crippen molar-refractivity contribution in [2.45, 2.75) is 19.9 Å². The number of rotatable bonds is 12. The van der Waals surface area contributed by atoms with E-state index in [9.17, 15) is 0 Å². The van der Waals surface area contributed by atoms with Gasteiger partial charge in [-0.15, -0.1) is 0 Å². The SMILES string of the molecule is CCOCCOc1ccc(NCc2ccccc2OCCc2ccccc2)cc1. The zero-order chi connectivity index (χ0) is 20.2. The van der Waals surface area contributed by atoms with E-state index in [-0.39, 0.29) is 0 Å². The van der Waals surface area contributed by atoms with E-state index in [4.69, 9.17) is 14.2 Å². The zero-order valence-corrected chi connectivity index (χ0v) is 17.0. The summed E-state index contributed by atoms with van der Waals surface area (Å²) in [5, 5.41) is 3.45. The highest BCUT2D eigenvalue weighted by Crippen LogP contribution is 2.21. The lowest BCUT2D eigenvalue weighted by Gasteiger charge is -2.13. The number of benzene rings is 3. The van der Waals surface area contributed by atoms with Crippen molar-refractivity contribution in [2.24, 2.45) is 0 Å². The van der Waals surface area contributed by atoms with Crippen LogP contribution < -0.4 is 14.8 Å². The molecule has 0 radical (unpaired) electrons. The first kappa shape index (κ1) is 20.7. The fraction of sp³-hybridized carbons (Fsp3) is 0.280. The minimum atomic E-state index is 0.564. The van der Waals surface area contributed by atoms with E-state index in [1.807, 2.05) is 55.5 Å². The molecule has 0 aliphatic carbocycles. The van der Waals surface area contributed by atoms with Gasteiger partial charge in [0.25, 0.3) is 0 Å². The Bertz CT molecular complexity index is 834. The van der Waals surface area contributed by atoms with Crippen LogP contribution in [-0.2, 0) is 17.7 Å². The normalized spacial score (nSPS) is 10.5. The molecule has 0 unspecified atom stereocenters. The molecule has 3 rings (SSSR count). The third kappa shape index (κ3) is 7.16. The Hall–Kier alpha value is -2.98. The molecule has 4 heteroatoms. The minimum absolute atomic E-state index is 0.564. The van der Waals surface area contributed by atoms with Gasteiger partial charge in [0.05, 0.1) is 13.2 Å². The van der Waals surface area contributed by atoms with E-state index in [0.717, 1.165) is 29.2 Å². The van der Waals surface area contributed by atoms with Crippen molar-refractivity contribution in [2.75, 3.05) is 31.7 Å². The second-order valence-corrected chi connectivity index (χ2v) is 6.62. The van der Waals surface area contributed by atoms with Crippen molar-refractivity contribution in [3.63, 3.8) is 0 Å². The summed E-state index contributed by atoms with van der Waals surface area (Å²) in [6.45, 7) is 5.23. The Kier molecular flexibility index (Phi) is 8.42. The largest absolute Gasteiger partial charge is 0.493 e. The van der Waals surface area contributed by atoms with Crippen molar-refractivity contribution in [3.05, 3.63) is 90.0 Å². The average molecular weight is 392 g/mol. The molecule has 0 saturated heterocycles. The molecule has 3 aromatic rings. The van der Waals surface area contributed by atoms with Crippen LogP contribution in [0.2, 0.25) is 0 Å². The summed E-state index contributed by atoms with van der Waals surface area (Å²) in [5.74, 6) is 1.77. The molecular weight excluding hydrogens is 362 g/mol. The molecule has 0 fully saturated rings. The Balaban J connectivity index is 1.47. The van der Waals surface area contributed by atoms with Gasteiger partial charge in [0.2, 0.25) is 0 Å². The smallest absolute Gasteiger partial charge is 0.124 e. The highest BCUT2D eigenvalue weighted by atomic mass is 16.5. The molecule has 0 aromatic heterocycles. The lowest BCUT2D eigenvalue weighted by atomic mass is 10.1. The zero-order valence-electron chi connectivity index (χ0n) is 17.0. The van der Waals surface area contributed by atoms with Crippen LogP contribution >= 0.6 is 0 Å². The Labute approximate surface area is 173 Å². The highest BCUT2D eigenvalue weighted by Gasteiger charge is 2.04. The minimum Gasteiger partial charge on any atom is -0.493 e. The van der Waals surface area contributed by atoms with Crippen LogP contribution in [0.1, 0.15) is 18.1 Å². The number of hydrogen-bond acceptors (Lipinski definition) is 4. The third-order valence-electron chi connectivity index (χ3n) is 4.50. The Morgan fingerprint density at radius 2 is 1.48 bits per heavy atom. The summed E-state index contributed by atoms with van der Waals surface area (Å²) in [4.78, 5) is 0. The van der Waals surface area contributed by atoms with Gasteiger partial charge in [-0.3, -0.25) is 0 Å². The summed E-state index contributed by atoms with van der Waals surface area (Å²) in [6, 6.07) is 26.5. The summed E-state index contributed by atoms with van der Waals surface area (Å²) >= 11 is 0. The van der Waals surface area contributed by atoms with Gasteiger partial charge in [0.15, 0.2) is 0 Å². The van der Waals surface area contributed by atoms with Crippen LogP contribution in [0.3, 0.4) is 0 Å². The standard InChI is InChI=1S/C25H29NO3/c1-2-27-18-19-28-24-14-12-23(13-15-24)26-20-22-10-6-7-11-25(22)29-17-16-21-8-4-3-5-9-21/h3-15,26H,2,16-20H2,1H3. The monoisotopic (exact) mass is 391 g/mol. The summed E-state index contributed by atoms with van der Waals surface area (Å²) in [5.41, 5.74) is 3.46. The molecule has 0 spiro atoms. The first-order chi connectivity index (χ1) is 14.3. The van der Waals surface area contributed by atoms with Crippen LogP contribution in [0.25, 0.3) is 0 Å². The van der Waals surface area contributed by atoms with Crippen molar-refractivity contribution in [3.8, 4) is 11.5 Å². The van der Waals surface area contributed by atoms with E-state index < -0.39 is 0 Å². The molecule has 0 saturated carbocycles. The molecule has 3 aromatic carbocycles. The maximum absolute atomic E-state index is 6.04. The first-order valence-corrected chi connectivity index (χ1v) is 10.1. The van der Waals surface area contributed by atoms with Gasteiger partial charge in [-0.1, -0.05) is 48.5 Å². The number of nitrogens with one attached hydrogen (secondary N) is 1. The third-order valence-corrected chi connectivity index (χ3v) is 4.50. The predicted molar refractivity (Wildman–Crippen MR) is 118 cm³/mol. The fourth-order valence-electron chi connectivity index (χ4n) is 2.94. The molecule has 0 aliphatic heterocycles. The van der Waals surface area contributed by atoms with Gasteiger partial charge in [-0.05, 0) is 42.8 Å². The van der Waals surface area contributed by atoms with Gasteiger partial charge in [-0.25, -0.2) is 0 Å². The molecule has 0 heterocycles. The second-order valence-electron chi connectivity index (χ2n) is 6.62. The van der Waals surface area contributed by atoms with Crippen LogP contribution in [-0.4, -0.2) is 26.4 Å². The van der Waals surface area contributed by atoms with Crippen LogP contribution in [0, 0.1) is 0 Å². The molecular formula is C25H29NO3. The van der Waals surface area contributed by atoms with Crippen molar-refractivity contribution in [1.82, 2.24) is 0 Å². The number of hydrogen-bond donors (Lipinski definition) is 1. The quantitative estimate of drug-likeness (QED) is 0.423. The van der Waals surface area contributed by atoms with E-state index >= 15 is 0 Å². The lowest BCUT2D eigenvalue weighted by molar-refractivity contribution is 0.110. The second kappa shape index (κ2) is 11.8. The van der Waals surface area contributed by atoms with Crippen molar-refractivity contribution >= 4 is 5.69 Å². The van der Waals surface area contributed by atoms with E-state index in [2.05, 4.69) is 35.6 Å².